The Morgan fingerprint density at radius 1 is 1.24 bits per heavy atom. The summed E-state index contributed by atoms with van der Waals surface area (Å²) in [5.74, 6) is 1.36. The van der Waals surface area contributed by atoms with Crippen LogP contribution in [0.2, 0.25) is 5.02 Å². The van der Waals surface area contributed by atoms with E-state index in [4.69, 9.17) is 39.0 Å². The van der Waals surface area contributed by atoms with Gasteiger partial charge in [-0.25, -0.2) is 0 Å². The first-order valence-corrected chi connectivity index (χ1v) is 7.63. The maximum Gasteiger partial charge on any atom is 0.134 e. The number of nitrogens with two attached hydrogens (primary N) is 1. The predicted molar refractivity (Wildman–Crippen MR) is 92.4 cm³/mol. The van der Waals surface area contributed by atoms with Gasteiger partial charge in [-0.2, -0.15) is 0 Å². The number of thiocarbonyl (C=S) groups is 1. The third-order valence-corrected chi connectivity index (χ3v) is 3.89. The van der Waals surface area contributed by atoms with Crippen LogP contribution in [0.1, 0.15) is 11.1 Å². The molecule has 2 N–H and O–H groups in total. The van der Waals surface area contributed by atoms with Crippen LogP contribution in [0.3, 0.4) is 0 Å². The fourth-order valence-electron chi connectivity index (χ4n) is 1.78. The van der Waals surface area contributed by atoms with E-state index in [-0.39, 0.29) is 0 Å². The second-order valence-electron chi connectivity index (χ2n) is 4.26. The van der Waals surface area contributed by atoms with E-state index in [0.717, 1.165) is 15.8 Å². The van der Waals surface area contributed by atoms with Crippen molar-refractivity contribution in [2.75, 3.05) is 7.11 Å². The molecule has 0 fully saturated rings. The SMILES string of the molecule is COc1cc(COc2ccc(Cl)cc2Br)ccc1C(N)=S. The molecule has 2 rings (SSSR count). The van der Waals surface area contributed by atoms with Gasteiger partial charge in [-0.3, -0.25) is 0 Å². The lowest BCUT2D eigenvalue weighted by atomic mass is 10.1. The molecule has 0 unspecified atom stereocenters. The Hall–Kier alpha value is -1.30. The van der Waals surface area contributed by atoms with Crippen LogP contribution in [0.25, 0.3) is 0 Å². The van der Waals surface area contributed by atoms with Crippen LogP contribution >= 0.6 is 39.7 Å². The largest absolute Gasteiger partial charge is 0.496 e. The Morgan fingerprint density at radius 2 is 2.00 bits per heavy atom. The van der Waals surface area contributed by atoms with Gasteiger partial charge in [-0.1, -0.05) is 29.9 Å². The molecule has 6 heteroatoms. The Kier molecular flexibility index (Phi) is 5.45. The van der Waals surface area contributed by atoms with Gasteiger partial charge >= 0.3 is 0 Å². The van der Waals surface area contributed by atoms with Crippen LogP contribution in [0.15, 0.2) is 40.9 Å². The molecule has 110 valence electrons. The minimum absolute atomic E-state index is 0.305. The molecule has 0 atom stereocenters. The summed E-state index contributed by atoms with van der Waals surface area (Å²) in [4.78, 5) is 0.305. The van der Waals surface area contributed by atoms with E-state index in [1.165, 1.54) is 0 Å². The summed E-state index contributed by atoms with van der Waals surface area (Å²) in [5, 5.41) is 0.650. The lowest BCUT2D eigenvalue weighted by molar-refractivity contribution is 0.303. The van der Waals surface area contributed by atoms with Crippen molar-refractivity contribution in [1.82, 2.24) is 0 Å². The molecular weight excluding hydrogens is 374 g/mol. The Balaban J connectivity index is 2.15. The molecule has 0 amide bonds. The Labute approximate surface area is 142 Å². The van der Waals surface area contributed by atoms with Crippen LogP contribution in [-0.2, 0) is 6.61 Å². The van der Waals surface area contributed by atoms with Crippen molar-refractivity contribution in [3.05, 3.63) is 57.0 Å². The van der Waals surface area contributed by atoms with Gasteiger partial charge in [0.1, 0.15) is 23.1 Å². The molecule has 0 heterocycles. The van der Waals surface area contributed by atoms with Gasteiger partial charge in [0, 0.05) is 5.02 Å². The number of benzene rings is 2. The van der Waals surface area contributed by atoms with Crippen molar-refractivity contribution in [3.8, 4) is 11.5 Å². The van der Waals surface area contributed by atoms with Crippen LogP contribution in [0.5, 0.6) is 11.5 Å². The normalized spacial score (nSPS) is 10.2. The summed E-state index contributed by atoms with van der Waals surface area (Å²) in [6, 6.07) is 11.0. The zero-order chi connectivity index (χ0) is 15.4. The summed E-state index contributed by atoms with van der Waals surface area (Å²) in [6.45, 7) is 0.397. The highest BCUT2D eigenvalue weighted by Gasteiger charge is 2.08. The minimum Gasteiger partial charge on any atom is -0.496 e. The zero-order valence-electron chi connectivity index (χ0n) is 11.2. The molecule has 21 heavy (non-hydrogen) atoms. The third-order valence-electron chi connectivity index (χ3n) is 2.82. The number of halogens is 2. The predicted octanol–water partition coefficient (Wildman–Crippen LogP) is 4.32. The van der Waals surface area contributed by atoms with Crippen molar-refractivity contribution in [3.63, 3.8) is 0 Å². The van der Waals surface area contributed by atoms with Gasteiger partial charge in [0.25, 0.3) is 0 Å². The quantitative estimate of drug-likeness (QED) is 0.777. The second-order valence-corrected chi connectivity index (χ2v) is 5.99. The van der Waals surface area contributed by atoms with Crippen molar-refractivity contribution in [1.29, 1.82) is 0 Å². The number of rotatable bonds is 5. The Morgan fingerprint density at radius 3 is 2.62 bits per heavy atom. The maximum atomic E-state index is 5.89. The molecule has 0 spiro atoms. The maximum absolute atomic E-state index is 5.89. The van der Waals surface area contributed by atoms with E-state index in [1.807, 2.05) is 24.3 Å². The molecular formula is C15H13BrClNO2S. The number of ether oxygens (including phenoxy) is 2. The van der Waals surface area contributed by atoms with E-state index in [0.29, 0.717) is 27.9 Å². The first kappa shape index (κ1) is 16.1. The van der Waals surface area contributed by atoms with Gasteiger partial charge in [0.2, 0.25) is 0 Å². The highest BCUT2D eigenvalue weighted by Crippen LogP contribution is 2.29. The highest BCUT2D eigenvalue weighted by atomic mass is 79.9. The first-order valence-electron chi connectivity index (χ1n) is 6.06. The Bertz CT molecular complexity index is 679. The lowest BCUT2D eigenvalue weighted by Crippen LogP contribution is -2.11. The van der Waals surface area contributed by atoms with Crippen molar-refractivity contribution >= 4 is 44.7 Å². The molecule has 2 aromatic rings. The molecule has 0 radical (unpaired) electrons. The van der Waals surface area contributed by atoms with Crippen LogP contribution < -0.4 is 15.2 Å². The minimum atomic E-state index is 0.305. The number of methoxy groups -OCH3 is 1. The van der Waals surface area contributed by atoms with E-state index < -0.39 is 0 Å². The van der Waals surface area contributed by atoms with Gasteiger partial charge in [0.15, 0.2) is 0 Å². The van der Waals surface area contributed by atoms with Gasteiger partial charge in [-0.15, -0.1) is 0 Å². The van der Waals surface area contributed by atoms with E-state index in [2.05, 4.69) is 15.9 Å². The summed E-state index contributed by atoms with van der Waals surface area (Å²) >= 11 is 14.3. The first-order chi connectivity index (χ1) is 10.0. The van der Waals surface area contributed by atoms with E-state index >= 15 is 0 Å². The van der Waals surface area contributed by atoms with E-state index in [1.54, 1.807) is 19.2 Å². The molecule has 0 saturated heterocycles. The van der Waals surface area contributed by atoms with Crippen molar-refractivity contribution in [2.45, 2.75) is 6.61 Å². The van der Waals surface area contributed by atoms with Crippen LogP contribution in [-0.4, -0.2) is 12.1 Å². The fraction of sp³-hybridized carbons (Fsp3) is 0.133. The lowest BCUT2D eigenvalue weighted by Gasteiger charge is -2.11. The number of hydrogen-bond donors (Lipinski definition) is 1. The second kappa shape index (κ2) is 7.11. The summed E-state index contributed by atoms with van der Waals surface area (Å²) < 4.78 is 11.8. The molecule has 0 aromatic heterocycles. The standard InChI is InChI=1S/C15H13BrClNO2S/c1-19-14-6-9(2-4-11(14)15(18)21)8-20-13-5-3-10(17)7-12(13)16/h2-7H,8H2,1H3,(H2,18,21). The number of hydrogen-bond acceptors (Lipinski definition) is 3. The molecule has 0 aliphatic carbocycles. The topological polar surface area (TPSA) is 44.5 Å². The van der Waals surface area contributed by atoms with Crippen molar-refractivity contribution < 1.29 is 9.47 Å². The van der Waals surface area contributed by atoms with Gasteiger partial charge in [0.05, 0.1) is 17.1 Å². The average molecular weight is 387 g/mol. The summed E-state index contributed by atoms with van der Waals surface area (Å²) in [5.41, 5.74) is 7.31. The summed E-state index contributed by atoms with van der Waals surface area (Å²) in [7, 11) is 1.58. The van der Waals surface area contributed by atoms with Gasteiger partial charge < -0.3 is 15.2 Å². The molecule has 0 aliphatic heterocycles. The van der Waals surface area contributed by atoms with Crippen LogP contribution in [0.4, 0.5) is 0 Å². The fourth-order valence-corrected chi connectivity index (χ4v) is 2.75. The zero-order valence-corrected chi connectivity index (χ0v) is 14.4. The van der Waals surface area contributed by atoms with Crippen molar-refractivity contribution in [2.24, 2.45) is 5.73 Å². The van der Waals surface area contributed by atoms with Gasteiger partial charge in [-0.05, 0) is 51.8 Å². The molecule has 0 saturated carbocycles. The third kappa shape index (κ3) is 4.09. The smallest absolute Gasteiger partial charge is 0.134 e. The van der Waals surface area contributed by atoms with E-state index in [9.17, 15) is 0 Å². The summed E-state index contributed by atoms with van der Waals surface area (Å²) in [6.07, 6.45) is 0. The monoisotopic (exact) mass is 385 g/mol. The van der Waals surface area contributed by atoms with Crippen LogP contribution in [0, 0.1) is 0 Å². The highest BCUT2D eigenvalue weighted by molar-refractivity contribution is 9.10. The average Bonchev–Trinajstić information content (AvgIpc) is 2.45. The molecule has 0 aliphatic rings. The molecule has 0 bridgehead atoms. The molecule has 3 nitrogen and oxygen atoms in total. The molecule has 2 aromatic carbocycles.